The van der Waals surface area contributed by atoms with Gasteiger partial charge in [-0.1, -0.05) is 60.3 Å². The number of amides is 1. The van der Waals surface area contributed by atoms with E-state index in [0.717, 1.165) is 27.3 Å². The smallest absolute Gasteiger partial charge is 0.234 e. The van der Waals surface area contributed by atoms with Gasteiger partial charge < -0.3 is 14.8 Å². The topological polar surface area (TPSA) is 73.3 Å². The minimum Gasteiger partial charge on any atom is -0.454 e. The maximum absolute atomic E-state index is 12.6. The highest BCUT2D eigenvalue weighted by Gasteiger charge is 2.15. The molecule has 154 valence electrons. The van der Waals surface area contributed by atoms with Crippen LogP contribution < -0.4 is 14.8 Å². The average Bonchev–Trinajstić information content (AvgIpc) is 3.26. The Kier molecular flexibility index (Phi) is 5.41. The van der Waals surface area contributed by atoms with E-state index < -0.39 is 0 Å². The molecular weight excluding hydrogens is 410 g/mol. The number of hydrogen-bond donors (Lipinski definition) is 1. The molecule has 0 spiro atoms. The van der Waals surface area contributed by atoms with Crippen LogP contribution in [0, 0.1) is 0 Å². The molecule has 0 fully saturated rings. The summed E-state index contributed by atoms with van der Waals surface area (Å²) in [6, 6.07) is 23.4. The summed E-state index contributed by atoms with van der Waals surface area (Å²) in [5.74, 6) is 2.18. The quantitative estimate of drug-likeness (QED) is 0.354. The van der Waals surface area contributed by atoms with Gasteiger partial charge in [-0.05, 0) is 23.8 Å². The van der Waals surface area contributed by atoms with Gasteiger partial charge in [0.15, 0.2) is 11.5 Å². The number of fused-ring (bicyclic) bond motifs is 2. The number of aromatic nitrogens is 2. The van der Waals surface area contributed by atoms with Crippen molar-refractivity contribution < 1.29 is 14.3 Å². The van der Waals surface area contributed by atoms with Gasteiger partial charge in [-0.15, -0.1) is 0 Å². The lowest BCUT2D eigenvalue weighted by molar-refractivity contribution is -0.113. The predicted octanol–water partition coefficient (Wildman–Crippen LogP) is 4.68. The second kappa shape index (κ2) is 8.65. The minimum atomic E-state index is -0.115. The van der Waals surface area contributed by atoms with Crippen molar-refractivity contribution in [3.05, 3.63) is 84.2 Å². The Labute approximate surface area is 183 Å². The average molecular weight is 430 g/mol. The molecule has 0 saturated heterocycles. The highest BCUT2D eigenvalue weighted by atomic mass is 32.2. The highest BCUT2D eigenvalue weighted by Crippen LogP contribution is 2.34. The summed E-state index contributed by atoms with van der Waals surface area (Å²) in [4.78, 5) is 22.0. The van der Waals surface area contributed by atoms with Crippen molar-refractivity contribution >= 4 is 34.3 Å². The number of carbonyl (C=O) groups excluding carboxylic acids is 1. The first kappa shape index (κ1) is 19.4. The molecule has 1 aliphatic rings. The van der Waals surface area contributed by atoms with Crippen LogP contribution in [0.25, 0.3) is 10.9 Å². The molecule has 4 aromatic rings. The van der Waals surface area contributed by atoms with Crippen LogP contribution in [0.3, 0.4) is 0 Å². The van der Waals surface area contributed by atoms with Crippen molar-refractivity contribution in [1.82, 2.24) is 9.97 Å². The fourth-order valence-corrected chi connectivity index (χ4v) is 4.20. The zero-order chi connectivity index (χ0) is 21.0. The SMILES string of the molecule is O=C(CSc1nc(Cc2ccccc2)nc2ccccc12)Nc1ccc2c(c1)OCO2. The third-order valence-electron chi connectivity index (χ3n) is 4.82. The van der Waals surface area contributed by atoms with E-state index in [0.29, 0.717) is 23.6 Å². The van der Waals surface area contributed by atoms with Crippen molar-refractivity contribution in [3.8, 4) is 11.5 Å². The summed E-state index contributed by atoms with van der Waals surface area (Å²) >= 11 is 1.41. The second-order valence-corrected chi connectivity index (χ2v) is 7.99. The molecule has 0 unspecified atom stereocenters. The molecule has 1 aliphatic heterocycles. The van der Waals surface area contributed by atoms with E-state index in [-0.39, 0.29) is 18.5 Å². The predicted molar refractivity (Wildman–Crippen MR) is 121 cm³/mol. The van der Waals surface area contributed by atoms with Crippen molar-refractivity contribution in [2.24, 2.45) is 0 Å². The number of para-hydroxylation sites is 1. The Morgan fingerprint density at radius 1 is 0.935 bits per heavy atom. The van der Waals surface area contributed by atoms with E-state index in [9.17, 15) is 4.79 Å². The number of thioether (sulfide) groups is 1. The van der Waals surface area contributed by atoms with Crippen LogP contribution in [-0.4, -0.2) is 28.4 Å². The normalized spacial score (nSPS) is 12.1. The summed E-state index contributed by atoms with van der Waals surface area (Å²) in [7, 11) is 0. The fourth-order valence-electron chi connectivity index (χ4n) is 3.37. The van der Waals surface area contributed by atoms with E-state index >= 15 is 0 Å². The van der Waals surface area contributed by atoms with Gasteiger partial charge in [-0.3, -0.25) is 4.79 Å². The number of nitrogens with one attached hydrogen (secondary N) is 1. The van der Waals surface area contributed by atoms with Gasteiger partial charge in [0.05, 0.1) is 11.3 Å². The molecule has 31 heavy (non-hydrogen) atoms. The zero-order valence-electron chi connectivity index (χ0n) is 16.6. The van der Waals surface area contributed by atoms with Crippen LogP contribution >= 0.6 is 11.8 Å². The summed E-state index contributed by atoms with van der Waals surface area (Å²) in [5, 5.41) is 4.65. The van der Waals surface area contributed by atoms with E-state index in [4.69, 9.17) is 19.4 Å². The van der Waals surface area contributed by atoms with E-state index in [1.54, 1.807) is 18.2 Å². The van der Waals surface area contributed by atoms with Crippen molar-refractivity contribution in [1.29, 1.82) is 0 Å². The Morgan fingerprint density at radius 2 is 1.74 bits per heavy atom. The number of benzene rings is 3. The molecule has 1 N–H and O–H groups in total. The molecule has 5 rings (SSSR count). The maximum Gasteiger partial charge on any atom is 0.234 e. The van der Waals surface area contributed by atoms with Crippen molar-refractivity contribution in [2.45, 2.75) is 11.4 Å². The van der Waals surface area contributed by atoms with Gasteiger partial charge in [-0.25, -0.2) is 9.97 Å². The number of carbonyl (C=O) groups is 1. The van der Waals surface area contributed by atoms with E-state index in [1.807, 2.05) is 42.5 Å². The molecule has 7 heteroatoms. The molecule has 2 heterocycles. The molecule has 0 saturated carbocycles. The number of nitrogens with zero attached hydrogens (tertiary/aromatic N) is 2. The van der Waals surface area contributed by atoms with Crippen molar-refractivity contribution in [2.75, 3.05) is 17.9 Å². The first-order chi connectivity index (χ1) is 15.2. The van der Waals surface area contributed by atoms with Gasteiger partial charge in [0.2, 0.25) is 12.7 Å². The van der Waals surface area contributed by atoms with Gasteiger partial charge in [-0.2, -0.15) is 0 Å². The van der Waals surface area contributed by atoms with Crippen LogP contribution in [0.5, 0.6) is 11.5 Å². The number of rotatable bonds is 6. The molecule has 6 nitrogen and oxygen atoms in total. The maximum atomic E-state index is 12.6. The molecule has 0 radical (unpaired) electrons. The van der Waals surface area contributed by atoms with Gasteiger partial charge in [0, 0.05) is 23.6 Å². The van der Waals surface area contributed by atoms with Gasteiger partial charge in [0.1, 0.15) is 10.9 Å². The molecule has 0 atom stereocenters. The molecule has 1 amide bonds. The van der Waals surface area contributed by atoms with Crippen LogP contribution in [0.4, 0.5) is 5.69 Å². The largest absolute Gasteiger partial charge is 0.454 e. The standard InChI is InChI=1S/C24H19N3O3S/c28-23(25-17-10-11-20-21(13-17)30-15-29-20)14-31-24-18-8-4-5-9-19(18)26-22(27-24)12-16-6-2-1-3-7-16/h1-11,13H,12,14-15H2,(H,25,28). The third kappa shape index (κ3) is 4.46. The van der Waals surface area contributed by atoms with Gasteiger partial charge in [0.25, 0.3) is 0 Å². The number of anilines is 1. The van der Waals surface area contributed by atoms with Crippen LogP contribution in [0.1, 0.15) is 11.4 Å². The molecule has 0 aliphatic carbocycles. The second-order valence-electron chi connectivity index (χ2n) is 7.03. The Balaban J connectivity index is 1.32. The zero-order valence-corrected chi connectivity index (χ0v) is 17.4. The minimum absolute atomic E-state index is 0.115. The summed E-state index contributed by atoms with van der Waals surface area (Å²) < 4.78 is 10.7. The van der Waals surface area contributed by atoms with Crippen LogP contribution in [0.15, 0.2) is 77.8 Å². The Bertz CT molecular complexity index is 1250. The van der Waals surface area contributed by atoms with Crippen LogP contribution in [0.2, 0.25) is 0 Å². The summed E-state index contributed by atoms with van der Waals surface area (Å²) in [5.41, 5.74) is 2.70. The highest BCUT2D eigenvalue weighted by molar-refractivity contribution is 8.00. The Hall–Kier alpha value is -3.58. The lowest BCUT2D eigenvalue weighted by atomic mass is 10.1. The lowest BCUT2D eigenvalue weighted by Crippen LogP contribution is -2.14. The third-order valence-corrected chi connectivity index (χ3v) is 5.81. The fraction of sp³-hybridized carbons (Fsp3) is 0.125. The summed E-state index contributed by atoms with van der Waals surface area (Å²) in [6.07, 6.45) is 0.641. The molecule has 0 bridgehead atoms. The van der Waals surface area contributed by atoms with Crippen molar-refractivity contribution in [3.63, 3.8) is 0 Å². The summed E-state index contributed by atoms with van der Waals surface area (Å²) in [6.45, 7) is 0.203. The number of ether oxygens (including phenoxy) is 2. The monoisotopic (exact) mass is 429 g/mol. The molecule has 3 aromatic carbocycles. The van der Waals surface area contributed by atoms with Gasteiger partial charge >= 0.3 is 0 Å². The molecular formula is C24H19N3O3S. The first-order valence-electron chi connectivity index (χ1n) is 9.86. The number of hydrogen-bond acceptors (Lipinski definition) is 6. The molecule has 1 aromatic heterocycles. The lowest BCUT2D eigenvalue weighted by Gasteiger charge is -2.09. The first-order valence-corrected chi connectivity index (χ1v) is 10.8. The Morgan fingerprint density at radius 3 is 2.65 bits per heavy atom. The van der Waals surface area contributed by atoms with E-state index in [1.165, 1.54) is 11.8 Å². The van der Waals surface area contributed by atoms with Crippen LogP contribution in [-0.2, 0) is 11.2 Å². The van der Waals surface area contributed by atoms with E-state index in [2.05, 4.69) is 17.4 Å².